The van der Waals surface area contributed by atoms with Gasteiger partial charge in [0.1, 0.15) is 0 Å². The zero-order valence-corrected chi connectivity index (χ0v) is 10.1. The number of alkyl halides is 3. The van der Waals surface area contributed by atoms with E-state index in [1.54, 1.807) is 0 Å². The molecule has 0 heterocycles. The summed E-state index contributed by atoms with van der Waals surface area (Å²) in [7, 11) is 0. The number of hydrogen-bond acceptors (Lipinski definition) is 3. The van der Waals surface area contributed by atoms with E-state index in [9.17, 15) is 23.4 Å². The van der Waals surface area contributed by atoms with Gasteiger partial charge in [-0.25, -0.2) is 0 Å². The number of aliphatic imine (C=N–C) groups is 1. The highest BCUT2D eigenvalue weighted by atomic mass is 19.4. The van der Waals surface area contributed by atoms with Crippen molar-refractivity contribution >= 4 is 11.9 Å². The second-order valence-corrected chi connectivity index (χ2v) is 4.02. The molecule has 0 aliphatic heterocycles. The van der Waals surface area contributed by atoms with E-state index in [2.05, 4.69) is 4.99 Å². The van der Waals surface area contributed by atoms with Crippen LogP contribution in [-0.4, -0.2) is 16.4 Å². The molecule has 3 nitrogen and oxygen atoms in total. The van der Waals surface area contributed by atoms with Gasteiger partial charge in [0, 0.05) is 11.8 Å². The Morgan fingerprint density at radius 2 is 1.70 bits per heavy atom. The Bertz CT molecular complexity index is 651. The number of aromatic hydroxyl groups is 2. The Morgan fingerprint density at radius 1 is 1.00 bits per heavy atom. The van der Waals surface area contributed by atoms with Crippen molar-refractivity contribution in [3.05, 3.63) is 53.6 Å². The van der Waals surface area contributed by atoms with E-state index < -0.39 is 11.7 Å². The van der Waals surface area contributed by atoms with Crippen LogP contribution in [0.2, 0.25) is 0 Å². The third-order valence-electron chi connectivity index (χ3n) is 2.57. The summed E-state index contributed by atoms with van der Waals surface area (Å²) < 4.78 is 37.6. The molecule has 0 saturated carbocycles. The minimum Gasteiger partial charge on any atom is -0.504 e. The summed E-state index contributed by atoms with van der Waals surface area (Å²) >= 11 is 0. The maximum absolute atomic E-state index is 12.5. The molecule has 104 valence electrons. The molecule has 2 rings (SSSR count). The Balaban J connectivity index is 2.30. The molecule has 0 unspecified atom stereocenters. The summed E-state index contributed by atoms with van der Waals surface area (Å²) in [5.74, 6) is -0.693. The van der Waals surface area contributed by atoms with E-state index >= 15 is 0 Å². The van der Waals surface area contributed by atoms with E-state index in [1.807, 2.05) is 0 Å². The lowest BCUT2D eigenvalue weighted by atomic mass is 10.2. The number of para-hydroxylation sites is 1. The van der Waals surface area contributed by atoms with E-state index in [0.717, 1.165) is 12.1 Å². The lowest BCUT2D eigenvalue weighted by Gasteiger charge is -2.06. The molecule has 0 amide bonds. The zero-order valence-electron chi connectivity index (χ0n) is 10.1. The number of rotatable bonds is 2. The minimum atomic E-state index is -4.43. The van der Waals surface area contributed by atoms with Crippen LogP contribution in [0.1, 0.15) is 11.1 Å². The standard InChI is InChI=1S/C14H10F3NO2/c15-14(16,17)10-4-2-5-11(7-10)18-8-9-3-1-6-12(19)13(9)20/h1-8,19-20H. The van der Waals surface area contributed by atoms with Gasteiger partial charge in [0.25, 0.3) is 0 Å². The average Bonchev–Trinajstić information content (AvgIpc) is 2.40. The van der Waals surface area contributed by atoms with Crippen LogP contribution in [0.25, 0.3) is 0 Å². The number of benzene rings is 2. The highest BCUT2D eigenvalue weighted by molar-refractivity contribution is 5.86. The molecule has 0 radical (unpaired) electrons. The van der Waals surface area contributed by atoms with Gasteiger partial charge in [-0.3, -0.25) is 4.99 Å². The SMILES string of the molecule is Oc1cccc(C=Nc2cccc(C(F)(F)F)c2)c1O. The number of nitrogens with zero attached hydrogens (tertiary/aromatic N) is 1. The number of hydrogen-bond donors (Lipinski definition) is 2. The molecule has 0 spiro atoms. The van der Waals surface area contributed by atoms with E-state index in [0.29, 0.717) is 0 Å². The first-order valence-corrected chi connectivity index (χ1v) is 5.60. The smallest absolute Gasteiger partial charge is 0.416 e. The van der Waals surface area contributed by atoms with Crippen LogP contribution >= 0.6 is 0 Å². The summed E-state index contributed by atoms with van der Waals surface area (Å²) in [5.41, 5.74) is -0.489. The fourth-order valence-electron chi connectivity index (χ4n) is 1.56. The number of phenolic OH excluding ortho intramolecular Hbond substituents is 2. The third-order valence-corrected chi connectivity index (χ3v) is 2.57. The van der Waals surface area contributed by atoms with Crippen molar-refractivity contribution in [1.82, 2.24) is 0 Å². The molecule has 6 heteroatoms. The van der Waals surface area contributed by atoms with Crippen LogP contribution in [0.5, 0.6) is 11.5 Å². The first-order valence-electron chi connectivity index (χ1n) is 5.60. The lowest BCUT2D eigenvalue weighted by Crippen LogP contribution is -2.03. The lowest BCUT2D eigenvalue weighted by molar-refractivity contribution is -0.137. The summed E-state index contributed by atoms with van der Waals surface area (Å²) in [5, 5.41) is 18.8. The maximum atomic E-state index is 12.5. The van der Waals surface area contributed by atoms with Crippen molar-refractivity contribution in [3.63, 3.8) is 0 Å². The first-order chi connectivity index (χ1) is 9.38. The predicted molar refractivity (Wildman–Crippen MR) is 68.5 cm³/mol. The average molecular weight is 281 g/mol. The van der Waals surface area contributed by atoms with E-state index in [1.165, 1.54) is 36.5 Å². The molecule has 0 aliphatic rings. The quantitative estimate of drug-likeness (QED) is 0.648. The highest BCUT2D eigenvalue weighted by Crippen LogP contribution is 2.32. The van der Waals surface area contributed by atoms with Crippen LogP contribution in [0, 0.1) is 0 Å². The van der Waals surface area contributed by atoms with Gasteiger partial charge in [-0.1, -0.05) is 12.1 Å². The first kappa shape index (κ1) is 13.9. The highest BCUT2D eigenvalue weighted by Gasteiger charge is 2.30. The molecule has 0 fully saturated rings. The van der Waals surface area contributed by atoms with Crippen molar-refractivity contribution in [3.8, 4) is 11.5 Å². The predicted octanol–water partition coefficient (Wildman–Crippen LogP) is 3.87. The normalized spacial score (nSPS) is 11.9. The van der Waals surface area contributed by atoms with E-state index in [-0.39, 0.29) is 22.7 Å². The fourth-order valence-corrected chi connectivity index (χ4v) is 1.56. The van der Waals surface area contributed by atoms with Crippen LogP contribution < -0.4 is 0 Å². The molecule has 0 aliphatic carbocycles. The van der Waals surface area contributed by atoms with Crippen molar-refractivity contribution in [2.75, 3.05) is 0 Å². The maximum Gasteiger partial charge on any atom is 0.416 e. The van der Waals surface area contributed by atoms with Gasteiger partial charge in [-0.05, 0) is 30.3 Å². The molecule has 0 aromatic heterocycles. The van der Waals surface area contributed by atoms with Gasteiger partial charge in [-0.2, -0.15) is 13.2 Å². The van der Waals surface area contributed by atoms with Crippen LogP contribution in [0.3, 0.4) is 0 Å². The molecular weight excluding hydrogens is 271 g/mol. The summed E-state index contributed by atoms with van der Waals surface area (Å²) in [6.45, 7) is 0. The van der Waals surface area contributed by atoms with Crippen molar-refractivity contribution in [2.24, 2.45) is 4.99 Å². The van der Waals surface area contributed by atoms with Gasteiger partial charge in [0.15, 0.2) is 11.5 Å². The zero-order chi connectivity index (χ0) is 14.8. The molecule has 0 atom stereocenters. The second-order valence-electron chi connectivity index (χ2n) is 4.02. The number of phenols is 2. The topological polar surface area (TPSA) is 52.8 Å². The fraction of sp³-hybridized carbons (Fsp3) is 0.0714. The van der Waals surface area contributed by atoms with Crippen molar-refractivity contribution in [1.29, 1.82) is 0 Å². The van der Waals surface area contributed by atoms with Crippen LogP contribution in [-0.2, 0) is 6.18 Å². The molecule has 2 aromatic carbocycles. The van der Waals surface area contributed by atoms with Gasteiger partial charge in [0.2, 0.25) is 0 Å². The van der Waals surface area contributed by atoms with Crippen molar-refractivity contribution < 1.29 is 23.4 Å². The molecule has 2 aromatic rings. The summed E-state index contributed by atoms with van der Waals surface area (Å²) in [6.07, 6.45) is -3.25. The van der Waals surface area contributed by atoms with Gasteiger partial charge in [0.05, 0.1) is 11.3 Å². The molecule has 2 N–H and O–H groups in total. The van der Waals surface area contributed by atoms with Gasteiger partial charge >= 0.3 is 6.18 Å². The summed E-state index contributed by atoms with van der Waals surface area (Å²) in [4.78, 5) is 3.86. The van der Waals surface area contributed by atoms with Gasteiger partial charge in [-0.15, -0.1) is 0 Å². The molecular formula is C14H10F3NO2. The second kappa shape index (κ2) is 5.24. The number of halogens is 3. The summed E-state index contributed by atoms with van der Waals surface area (Å²) in [6, 6.07) is 8.76. The van der Waals surface area contributed by atoms with Crippen LogP contribution in [0.15, 0.2) is 47.5 Å². The monoisotopic (exact) mass is 281 g/mol. The third kappa shape index (κ3) is 3.09. The molecule has 20 heavy (non-hydrogen) atoms. The molecule has 0 saturated heterocycles. The van der Waals surface area contributed by atoms with Crippen molar-refractivity contribution in [2.45, 2.75) is 6.18 Å². The Labute approximate surface area is 112 Å². The largest absolute Gasteiger partial charge is 0.504 e. The van der Waals surface area contributed by atoms with E-state index in [4.69, 9.17) is 0 Å². The van der Waals surface area contributed by atoms with Crippen LogP contribution in [0.4, 0.5) is 18.9 Å². The Hall–Kier alpha value is -2.50. The van der Waals surface area contributed by atoms with Gasteiger partial charge < -0.3 is 10.2 Å². The Morgan fingerprint density at radius 3 is 2.40 bits per heavy atom. The molecule has 0 bridgehead atoms. The minimum absolute atomic E-state index is 0.0996. The Kier molecular flexibility index (Phi) is 3.65.